The second-order valence-electron chi connectivity index (χ2n) is 4.00. The number of guanidine groups is 1. The average molecular weight is 335 g/mol. The van der Waals surface area contributed by atoms with E-state index in [0.717, 1.165) is 18.4 Å². The van der Waals surface area contributed by atoms with Gasteiger partial charge in [0.1, 0.15) is 5.82 Å². The van der Waals surface area contributed by atoms with Gasteiger partial charge in [-0.05, 0) is 24.5 Å². The van der Waals surface area contributed by atoms with Gasteiger partial charge in [-0.1, -0.05) is 18.2 Å². The molecule has 0 aromatic heterocycles. The molecule has 88 valence electrons. The van der Waals surface area contributed by atoms with Crippen molar-refractivity contribution in [3.63, 3.8) is 0 Å². The molecule has 0 spiro atoms. The van der Waals surface area contributed by atoms with E-state index >= 15 is 0 Å². The first-order valence-corrected chi connectivity index (χ1v) is 4.94. The van der Waals surface area contributed by atoms with Crippen molar-refractivity contribution in [2.45, 2.75) is 18.3 Å². The molecule has 0 bridgehead atoms. The maximum absolute atomic E-state index is 13.5. The Bertz CT molecular complexity index is 398. The summed E-state index contributed by atoms with van der Waals surface area (Å²) < 4.78 is 13.5. The second kappa shape index (κ2) is 4.99. The highest BCUT2D eigenvalue weighted by molar-refractivity contribution is 14.0. The maximum Gasteiger partial charge on any atom is 0.185 e. The van der Waals surface area contributed by atoms with Gasteiger partial charge in [-0.3, -0.25) is 4.99 Å². The van der Waals surface area contributed by atoms with E-state index in [1.807, 2.05) is 12.1 Å². The zero-order valence-electron chi connectivity index (χ0n) is 8.82. The Labute approximate surface area is 111 Å². The molecule has 1 aliphatic carbocycles. The topological polar surface area (TPSA) is 64.4 Å². The highest BCUT2D eigenvalue weighted by atomic mass is 127. The lowest BCUT2D eigenvalue weighted by atomic mass is 9.95. The summed E-state index contributed by atoms with van der Waals surface area (Å²) >= 11 is 0. The molecule has 1 saturated carbocycles. The third kappa shape index (κ3) is 2.63. The second-order valence-corrected chi connectivity index (χ2v) is 4.00. The summed E-state index contributed by atoms with van der Waals surface area (Å²) in [5.41, 5.74) is 11.1. The molecular formula is C11H15FIN3. The molecule has 0 atom stereocenters. The van der Waals surface area contributed by atoms with Crippen LogP contribution in [0.4, 0.5) is 4.39 Å². The first kappa shape index (κ1) is 13.2. The Morgan fingerprint density at radius 3 is 2.44 bits per heavy atom. The van der Waals surface area contributed by atoms with Gasteiger partial charge >= 0.3 is 0 Å². The fourth-order valence-electron chi connectivity index (χ4n) is 1.80. The quantitative estimate of drug-likeness (QED) is 0.502. The Hall–Kier alpha value is -0.850. The van der Waals surface area contributed by atoms with Crippen molar-refractivity contribution in [3.05, 3.63) is 35.6 Å². The molecule has 16 heavy (non-hydrogen) atoms. The number of hydrogen-bond acceptors (Lipinski definition) is 1. The third-order valence-corrected chi connectivity index (χ3v) is 2.86. The largest absolute Gasteiger partial charge is 0.370 e. The lowest BCUT2D eigenvalue weighted by Crippen LogP contribution is -2.25. The van der Waals surface area contributed by atoms with Crippen LogP contribution >= 0.6 is 24.0 Å². The summed E-state index contributed by atoms with van der Waals surface area (Å²) in [7, 11) is 0. The lowest BCUT2D eigenvalue weighted by Gasteiger charge is -2.13. The molecule has 0 heterocycles. The van der Waals surface area contributed by atoms with Gasteiger partial charge in [-0.25, -0.2) is 4.39 Å². The van der Waals surface area contributed by atoms with Crippen molar-refractivity contribution in [2.24, 2.45) is 16.5 Å². The normalized spacial score (nSPS) is 16.1. The van der Waals surface area contributed by atoms with Gasteiger partial charge in [0.15, 0.2) is 5.96 Å². The standard InChI is InChI=1S/C11H14FN3.HI/c12-9-4-2-1-3-8(9)11(5-6-11)7-15-10(13)14;/h1-4H,5-7H2,(H4,13,14,15);1H. The number of benzene rings is 1. The highest BCUT2D eigenvalue weighted by Gasteiger charge is 2.45. The zero-order valence-corrected chi connectivity index (χ0v) is 11.1. The summed E-state index contributed by atoms with van der Waals surface area (Å²) in [6.07, 6.45) is 1.90. The van der Waals surface area contributed by atoms with Crippen molar-refractivity contribution < 1.29 is 4.39 Å². The zero-order chi connectivity index (χ0) is 10.9. The van der Waals surface area contributed by atoms with Gasteiger partial charge in [0, 0.05) is 5.41 Å². The van der Waals surface area contributed by atoms with Crippen LogP contribution in [0.5, 0.6) is 0 Å². The minimum Gasteiger partial charge on any atom is -0.370 e. The van der Waals surface area contributed by atoms with Gasteiger partial charge in [-0.15, -0.1) is 24.0 Å². The number of nitrogens with zero attached hydrogens (tertiary/aromatic N) is 1. The number of hydrogen-bond donors (Lipinski definition) is 2. The molecule has 3 nitrogen and oxygen atoms in total. The Morgan fingerprint density at radius 1 is 1.31 bits per heavy atom. The highest BCUT2D eigenvalue weighted by Crippen LogP contribution is 2.49. The Kier molecular flexibility index (Phi) is 4.12. The molecule has 2 rings (SSSR count). The molecule has 0 aliphatic heterocycles. The predicted molar refractivity (Wildman–Crippen MR) is 73.4 cm³/mol. The van der Waals surface area contributed by atoms with Crippen LogP contribution in [0.25, 0.3) is 0 Å². The smallest absolute Gasteiger partial charge is 0.185 e. The van der Waals surface area contributed by atoms with Crippen LogP contribution < -0.4 is 11.5 Å². The van der Waals surface area contributed by atoms with Crippen molar-refractivity contribution in [3.8, 4) is 0 Å². The Balaban J connectivity index is 0.00000128. The van der Waals surface area contributed by atoms with E-state index in [1.54, 1.807) is 6.07 Å². The first-order chi connectivity index (χ1) is 7.14. The van der Waals surface area contributed by atoms with Crippen LogP contribution in [0.15, 0.2) is 29.3 Å². The van der Waals surface area contributed by atoms with E-state index in [-0.39, 0.29) is 41.2 Å². The van der Waals surface area contributed by atoms with Crippen LogP contribution in [-0.4, -0.2) is 12.5 Å². The van der Waals surface area contributed by atoms with Gasteiger partial charge in [0.05, 0.1) is 6.54 Å². The van der Waals surface area contributed by atoms with Gasteiger partial charge < -0.3 is 11.5 Å². The molecule has 0 unspecified atom stereocenters. The molecule has 0 saturated heterocycles. The number of nitrogens with two attached hydrogens (primary N) is 2. The molecule has 1 fully saturated rings. The molecular weight excluding hydrogens is 320 g/mol. The Morgan fingerprint density at radius 2 is 1.94 bits per heavy atom. The molecule has 0 radical (unpaired) electrons. The van der Waals surface area contributed by atoms with Crippen LogP contribution in [0, 0.1) is 5.82 Å². The molecule has 4 N–H and O–H groups in total. The molecule has 1 aromatic rings. The van der Waals surface area contributed by atoms with Gasteiger partial charge in [0.25, 0.3) is 0 Å². The van der Waals surface area contributed by atoms with Crippen LogP contribution in [-0.2, 0) is 5.41 Å². The van der Waals surface area contributed by atoms with E-state index < -0.39 is 0 Å². The van der Waals surface area contributed by atoms with E-state index in [4.69, 9.17) is 11.5 Å². The van der Waals surface area contributed by atoms with E-state index in [0.29, 0.717) is 6.54 Å². The lowest BCUT2D eigenvalue weighted by molar-refractivity contribution is 0.573. The molecule has 1 aliphatic rings. The summed E-state index contributed by atoms with van der Waals surface area (Å²) in [5.74, 6) is -0.0987. The van der Waals surface area contributed by atoms with Crippen molar-refractivity contribution in [2.75, 3.05) is 6.54 Å². The summed E-state index contributed by atoms with van der Waals surface area (Å²) in [5, 5.41) is 0. The summed E-state index contributed by atoms with van der Waals surface area (Å²) in [6, 6.07) is 6.82. The fourth-order valence-corrected chi connectivity index (χ4v) is 1.80. The van der Waals surface area contributed by atoms with Crippen molar-refractivity contribution >= 4 is 29.9 Å². The summed E-state index contributed by atoms with van der Waals surface area (Å²) in [4.78, 5) is 3.98. The first-order valence-electron chi connectivity index (χ1n) is 4.94. The van der Waals surface area contributed by atoms with Crippen LogP contribution in [0.2, 0.25) is 0 Å². The van der Waals surface area contributed by atoms with Gasteiger partial charge in [0.2, 0.25) is 0 Å². The van der Waals surface area contributed by atoms with E-state index in [9.17, 15) is 4.39 Å². The monoisotopic (exact) mass is 335 g/mol. The van der Waals surface area contributed by atoms with E-state index in [2.05, 4.69) is 4.99 Å². The molecule has 0 amide bonds. The SMILES string of the molecule is I.NC(N)=NCC1(c2ccccc2F)CC1. The number of rotatable bonds is 3. The average Bonchev–Trinajstić information content (AvgIpc) is 2.97. The minimum absolute atomic E-state index is 0. The fraction of sp³-hybridized carbons (Fsp3) is 0.364. The maximum atomic E-state index is 13.5. The van der Waals surface area contributed by atoms with E-state index in [1.165, 1.54) is 6.07 Å². The molecule has 1 aromatic carbocycles. The third-order valence-electron chi connectivity index (χ3n) is 2.86. The molecule has 5 heteroatoms. The predicted octanol–water partition coefficient (Wildman–Crippen LogP) is 1.75. The van der Waals surface area contributed by atoms with Crippen LogP contribution in [0.1, 0.15) is 18.4 Å². The van der Waals surface area contributed by atoms with Crippen molar-refractivity contribution in [1.82, 2.24) is 0 Å². The summed E-state index contributed by atoms with van der Waals surface area (Å²) in [6.45, 7) is 0.482. The number of aliphatic imine (C=N–C) groups is 1. The van der Waals surface area contributed by atoms with Crippen LogP contribution in [0.3, 0.4) is 0 Å². The number of halogens is 2. The van der Waals surface area contributed by atoms with Gasteiger partial charge in [-0.2, -0.15) is 0 Å². The van der Waals surface area contributed by atoms with Crippen molar-refractivity contribution in [1.29, 1.82) is 0 Å². The minimum atomic E-state index is -0.166.